The van der Waals surface area contributed by atoms with Crippen LogP contribution in [-0.2, 0) is 10.0 Å². The molecule has 1 atom stereocenters. The van der Waals surface area contributed by atoms with Crippen LogP contribution in [0.1, 0.15) is 38.2 Å². The first-order valence-electron chi connectivity index (χ1n) is 7.28. The molecule has 1 aliphatic rings. The summed E-state index contributed by atoms with van der Waals surface area (Å²) in [6.07, 6.45) is 4.09. The maximum Gasteiger partial charge on any atom is 0.242 e. The van der Waals surface area contributed by atoms with Crippen molar-refractivity contribution in [2.75, 3.05) is 6.61 Å². The standard InChI is InChI=1S/C16H21NO3S/c1-2-15(12-13-9-10-13)17-21(19,20)16-8-4-3-6-14(16)7-5-11-18/h3-4,6,8,13,15,17-18H,2,9-12H2,1H3. The fraction of sp³-hybridized carbons (Fsp3) is 0.500. The van der Waals surface area contributed by atoms with Gasteiger partial charge in [-0.1, -0.05) is 43.7 Å². The lowest BCUT2D eigenvalue weighted by Crippen LogP contribution is -2.35. The van der Waals surface area contributed by atoms with E-state index in [2.05, 4.69) is 16.6 Å². The van der Waals surface area contributed by atoms with Gasteiger partial charge in [-0.3, -0.25) is 0 Å². The van der Waals surface area contributed by atoms with Crippen molar-refractivity contribution >= 4 is 10.0 Å². The molecule has 1 aliphatic carbocycles. The first kappa shape index (κ1) is 16.0. The molecule has 0 bridgehead atoms. The van der Waals surface area contributed by atoms with E-state index in [1.807, 2.05) is 6.92 Å². The van der Waals surface area contributed by atoms with E-state index < -0.39 is 10.0 Å². The molecule has 1 aromatic carbocycles. The van der Waals surface area contributed by atoms with Gasteiger partial charge in [0.2, 0.25) is 10.0 Å². The molecule has 0 aliphatic heterocycles. The highest BCUT2D eigenvalue weighted by molar-refractivity contribution is 7.89. The normalized spacial score (nSPS) is 16.1. The van der Waals surface area contributed by atoms with Crippen molar-refractivity contribution in [3.05, 3.63) is 29.8 Å². The zero-order valence-electron chi connectivity index (χ0n) is 12.2. The molecule has 1 aromatic rings. The summed E-state index contributed by atoms with van der Waals surface area (Å²) >= 11 is 0. The summed E-state index contributed by atoms with van der Waals surface area (Å²) in [4.78, 5) is 0.181. The first-order valence-corrected chi connectivity index (χ1v) is 8.76. The Morgan fingerprint density at radius 3 is 2.71 bits per heavy atom. The number of benzene rings is 1. The van der Waals surface area contributed by atoms with Crippen molar-refractivity contribution in [1.82, 2.24) is 4.72 Å². The maximum atomic E-state index is 12.5. The third-order valence-electron chi connectivity index (χ3n) is 3.61. The molecule has 0 radical (unpaired) electrons. The zero-order chi connectivity index (χ0) is 15.3. The lowest BCUT2D eigenvalue weighted by Gasteiger charge is -2.17. The van der Waals surface area contributed by atoms with Gasteiger partial charge in [-0.15, -0.1) is 0 Å². The molecule has 1 saturated carbocycles. The highest BCUT2D eigenvalue weighted by Gasteiger charge is 2.28. The number of aliphatic hydroxyl groups excluding tert-OH is 1. The summed E-state index contributed by atoms with van der Waals surface area (Å²) in [5, 5.41) is 8.77. The predicted octanol–water partition coefficient (Wildman–Crippen LogP) is 1.89. The number of nitrogens with one attached hydrogen (secondary N) is 1. The fourth-order valence-electron chi connectivity index (χ4n) is 2.28. The lowest BCUT2D eigenvalue weighted by molar-refractivity contribution is 0.350. The van der Waals surface area contributed by atoms with Crippen LogP contribution in [0.4, 0.5) is 0 Å². The van der Waals surface area contributed by atoms with Crippen molar-refractivity contribution < 1.29 is 13.5 Å². The minimum absolute atomic E-state index is 0.0265. The Morgan fingerprint density at radius 1 is 1.38 bits per heavy atom. The Hall–Kier alpha value is -1.35. The van der Waals surface area contributed by atoms with E-state index in [4.69, 9.17) is 5.11 Å². The van der Waals surface area contributed by atoms with Gasteiger partial charge in [-0.25, -0.2) is 13.1 Å². The van der Waals surface area contributed by atoms with Crippen LogP contribution in [-0.4, -0.2) is 26.2 Å². The molecule has 1 fully saturated rings. The largest absolute Gasteiger partial charge is 0.384 e. The van der Waals surface area contributed by atoms with Crippen LogP contribution in [0.15, 0.2) is 29.2 Å². The quantitative estimate of drug-likeness (QED) is 0.789. The smallest absolute Gasteiger partial charge is 0.242 e. The van der Waals surface area contributed by atoms with Gasteiger partial charge in [-0.2, -0.15) is 0 Å². The van der Waals surface area contributed by atoms with Gasteiger partial charge in [0.05, 0.1) is 4.90 Å². The molecule has 5 heteroatoms. The molecule has 2 N–H and O–H groups in total. The second-order valence-corrected chi connectivity index (χ2v) is 7.04. The van der Waals surface area contributed by atoms with Crippen molar-refractivity contribution in [3.63, 3.8) is 0 Å². The summed E-state index contributed by atoms with van der Waals surface area (Å²) in [7, 11) is -3.58. The Bertz CT molecular complexity index is 639. The fourth-order valence-corrected chi connectivity index (χ4v) is 3.77. The average Bonchev–Trinajstić information content (AvgIpc) is 3.28. The number of hydrogen-bond acceptors (Lipinski definition) is 3. The minimum Gasteiger partial charge on any atom is -0.384 e. The Morgan fingerprint density at radius 2 is 2.10 bits per heavy atom. The minimum atomic E-state index is -3.58. The van der Waals surface area contributed by atoms with Crippen molar-refractivity contribution in [2.24, 2.45) is 5.92 Å². The zero-order valence-corrected chi connectivity index (χ0v) is 13.0. The first-order chi connectivity index (χ1) is 10.1. The van der Waals surface area contributed by atoms with Crippen molar-refractivity contribution in [1.29, 1.82) is 0 Å². The maximum absolute atomic E-state index is 12.5. The van der Waals surface area contributed by atoms with Crippen LogP contribution in [0, 0.1) is 17.8 Å². The number of rotatable bonds is 6. The van der Waals surface area contributed by atoms with E-state index in [9.17, 15) is 8.42 Å². The number of sulfonamides is 1. The molecule has 114 valence electrons. The molecular weight excluding hydrogens is 286 g/mol. The molecule has 4 nitrogen and oxygen atoms in total. The van der Waals surface area contributed by atoms with Gasteiger partial charge in [0.15, 0.2) is 0 Å². The molecule has 0 spiro atoms. The Labute approximate surface area is 126 Å². The van der Waals surface area contributed by atoms with Gasteiger partial charge in [0.1, 0.15) is 6.61 Å². The molecule has 0 heterocycles. The third kappa shape index (κ3) is 4.57. The Kier molecular flexibility index (Phi) is 5.40. The lowest BCUT2D eigenvalue weighted by atomic mass is 10.1. The van der Waals surface area contributed by atoms with E-state index in [1.54, 1.807) is 24.3 Å². The second kappa shape index (κ2) is 7.08. The van der Waals surface area contributed by atoms with Gasteiger partial charge in [0.25, 0.3) is 0 Å². The monoisotopic (exact) mass is 307 g/mol. The van der Waals surface area contributed by atoms with E-state index in [1.165, 1.54) is 12.8 Å². The molecular formula is C16H21NO3S. The number of hydrogen-bond donors (Lipinski definition) is 2. The van der Waals surface area contributed by atoms with Crippen LogP contribution < -0.4 is 4.72 Å². The van der Waals surface area contributed by atoms with E-state index in [0.29, 0.717) is 11.5 Å². The van der Waals surface area contributed by atoms with Crippen LogP contribution in [0.5, 0.6) is 0 Å². The van der Waals surface area contributed by atoms with Crippen LogP contribution in [0.2, 0.25) is 0 Å². The number of aliphatic hydroxyl groups is 1. The molecule has 0 saturated heterocycles. The summed E-state index contributed by atoms with van der Waals surface area (Å²) in [6.45, 7) is 1.70. The van der Waals surface area contributed by atoms with Gasteiger partial charge in [-0.05, 0) is 30.9 Å². The van der Waals surface area contributed by atoms with Crippen molar-refractivity contribution in [3.8, 4) is 11.8 Å². The highest BCUT2D eigenvalue weighted by Crippen LogP contribution is 2.34. The van der Waals surface area contributed by atoms with E-state index in [-0.39, 0.29) is 17.5 Å². The SMILES string of the molecule is CCC(CC1CC1)NS(=O)(=O)c1ccccc1C#CCO. The molecule has 0 amide bonds. The summed E-state index contributed by atoms with van der Waals surface area (Å²) in [5.41, 5.74) is 0.417. The second-order valence-electron chi connectivity index (χ2n) is 5.36. The molecule has 0 aromatic heterocycles. The summed E-state index contributed by atoms with van der Waals surface area (Å²) < 4.78 is 27.9. The highest BCUT2D eigenvalue weighted by atomic mass is 32.2. The predicted molar refractivity (Wildman–Crippen MR) is 82.1 cm³/mol. The van der Waals surface area contributed by atoms with Crippen molar-refractivity contribution in [2.45, 2.75) is 43.5 Å². The Balaban J connectivity index is 2.21. The topological polar surface area (TPSA) is 66.4 Å². The van der Waals surface area contributed by atoms with Crippen LogP contribution in [0.3, 0.4) is 0 Å². The summed E-state index contributed by atoms with van der Waals surface area (Å²) in [6, 6.07) is 6.59. The van der Waals surface area contributed by atoms with Crippen LogP contribution in [0.25, 0.3) is 0 Å². The third-order valence-corrected chi connectivity index (χ3v) is 5.19. The molecule has 1 unspecified atom stereocenters. The molecule has 2 rings (SSSR count). The van der Waals surface area contributed by atoms with Gasteiger partial charge < -0.3 is 5.11 Å². The molecule has 21 heavy (non-hydrogen) atoms. The van der Waals surface area contributed by atoms with Crippen LogP contribution >= 0.6 is 0 Å². The van der Waals surface area contributed by atoms with E-state index in [0.717, 1.165) is 12.8 Å². The van der Waals surface area contributed by atoms with Gasteiger partial charge >= 0.3 is 0 Å². The van der Waals surface area contributed by atoms with E-state index >= 15 is 0 Å². The van der Waals surface area contributed by atoms with Gasteiger partial charge in [0, 0.05) is 11.6 Å². The summed E-state index contributed by atoms with van der Waals surface area (Å²) in [5.74, 6) is 5.86. The average molecular weight is 307 g/mol.